The normalized spacial score (nSPS) is 11.0. The Morgan fingerprint density at radius 1 is 1.12 bits per heavy atom. The maximum Gasteiger partial charge on any atom is 0.273 e. The standard InChI is InChI=1S/C21H30N4O/c1-15(2)11-12-22-21-23-17(5)13-19(24-21)20(26)25(16(3)4)14-18-9-7-6-8-10-18/h6-10,13,15-16H,11-12,14H2,1-5H3,(H,22,23,24). The summed E-state index contributed by atoms with van der Waals surface area (Å²) in [6.07, 6.45) is 1.03. The first-order valence-corrected chi connectivity index (χ1v) is 9.31. The molecule has 0 fully saturated rings. The summed E-state index contributed by atoms with van der Waals surface area (Å²) in [5.41, 5.74) is 2.34. The zero-order valence-corrected chi connectivity index (χ0v) is 16.5. The van der Waals surface area contributed by atoms with E-state index in [-0.39, 0.29) is 11.9 Å². The van der Waals surface area contributed by atoms with Crippen LogP contribution in [-0.4, -0.2) is 33.4 Å². The first-order valence-electron chi connectivity index (χ1n) is 9.31. The molecule has 0 aliphatic rings. The van der Waals surface area contributed by atoms with Gasteiger partial charge in [-0.1, -0.05) is 44.2 Å². The Hall–Kier alpha value is -2.43. The fourth-order valence-electron chi connectivity index (χ4n) is 2.65. The number of rotatable bonds is 8. The molecule has 1 amide bonds. The quantitative estimate of drug-likeness (QED) is 0.768. The minimum absolute atomic E-state index is 0.0683. The highest BCUT2D eigenvalue weighted by molar-refractivity contribution is 5.92. The van der Waals surface area contributed by atoms with Gasteiger partial charge in [0.2, 0.25) is 5.95 Å². The van der Waals surface area contributed by atoms with E-state index in [1.807, 2.05) is 56.0 Å². The lowest BCUT2D eigenvalue weighted by Crippen LogP contribution is -2.37. The molecule has 0 atom stereocenters. The van der Waals surface area contributed by atoms with Crippen molar-refractivity contribution >= 4 is 11.9 Å². The van der Waals surface area contributed by atoms with Crippen LogP contribution in [0.2, 0.25) is 0 Å². The van der Waals surface area contributed by atoms with Crippen molar-refractivity contribution in [2.24, 2.45) is 5.92 Å². The van der Waals surface area contributed by atoms with E-state index in [2.05, 4.69) is 29.1 Å². The smallest absolute Gasteiger partial charge is 0.273 e. The number of carbonyl (C=O) groups excluding carboxylic acids is 1. The summed E-state index contributed by atoms with van der Waals surface area (Å²) >= 11 is 0. The second-order valence-electron chi connectivity index (χ2n) is 7.34. The lowest BCUT2D eigenvalue weighted by Gasteiger charge is -2.26. The minimum Gasteiger partial charge on any atom is -0.354 e. The number of hydrogen-bond donors (Lipinski definition) is 1. The number of carbonyl (C=O) groups is 1. The average molecular weight is 354 g/mol. The number of anilines is 1. The van der Waals surface area contributed by atoms with Gasteiger partial charge in [0, 0.05) is 24.8 Å². The maximum absolute atomic E-state index is 13.1. The SMILES string of the molecule is Cc1cc(C(=O)N(Cc2ccccc2)C(C)C)nc(NCCC(C)C)n1. The molecule has 0 unspecified atom stereocenters. The minimum atomic E-state index is -0.0683. The fourth-order valence-corrected chi connectivity index (χ4v) is 2.65. The van der Waals surface area contributed by atoms with Gasteiger partial charge >= 0.3 is 0 Å². The number of amides is 1. The summed E-state index contributed by atoms with van der Waals surface area (Å²) < 4.78 is 0. The van der Waals surface area contributed by atoms with Crippen LogP contribution in [0.5, 0.6) is 0 Å². The third kappa shape index (κ3) is 5.83. The van der Waals surface area contributed by atoms with Crippen LogP contribution in [0.3, 0.4) is 0 Å². The molecule has 5 heteroatoms. The average Bonchev–Trinajstić information content (AvgIpc) is 2.59. The second-order valence-corrected chi connectivity index (χ2v) is 7.34. The van der Waals surface area contributed by atoms with E-state index >= 15 is 0 Å². The van der Waals surface area contributed by atoms with Crippen LogP contribution < -0.4 is 5.32 Å². The molecule has 0 saturated carbocycles. The number of hydrogen-bond acceptors (Lipinski definition) is 4. The van der Waals surface area contributed by atoms with E-state index in [1.165, 1.54) is 0 Å². The van der Waals surface area contributed by atoms with E-state index in [0.717, 1.165) is 24.2 Å². The summed E-state index contributed by atoms with van der Waals surface area (Å²) in [6.45, 7) is 11.7. The van der Waals surface area contributed by atoms with Gasteiger partial charge in [-0.25, -0.2) is 9.97 Å². The van der Waals surface area contributed by atoms with Crippen molar-refractivity contribution in [2.45, 2.75) is 53.6 Å². The van der Waals surface area contributed by atoms with E-state index in [0.29, 0.717) is 24.1 Å². The van der Waals surface area contributed by atoms with Gasteiger partial charge < -0.3 is 10.2 Å². The lowest BCUT2D eigenvalue weighted by atomic mass is 10.1. The molecular weight excluding hydrogens is 324 g/mol. The van der Waals surface area contributed by atoms with Gasteiger partial charge in [-0.3, -0.25) is 4.79 Å². The van der Waals surface area contributed by atoms with Crippen molar-refractivity contribution in [2.75, 3.05) is 11.9 Å². The van der Waals surface area contributed by atoms with Gasteiger partial charge in [0.1, 0.15) is 5.69 Å². The van der Waals surface area contributed by atoms with Gasteiger partial charge in [-0.15, -0.1) is 0 Å². The van der Waals surface area contributed by atoms with E-state index in [1.54, 1.807) is 6.07 Å². The van der Waals surface area contributed by atoms with Crippen molar-refractivity contribution in [3.8, 4) is 0 Å². The summed E-state index contributed by atoms with van der Waals surface area (Å²) in [4.78, 5) is 23.8. The highest BCUT2D eigenvalue weighted by Crippen LogP contribution is 2.14. The summed E-state index contributed by atoms with van der Waals surface area (Å²) in [7, 11) is 0. The molecule has 1 aromatic carbocycles. The Bertz CT molecular complexity index is 713. The summed E-state index contributed by atoms with van der Waals surface area (Å²) in [6, 6.07) is 11.9. The van der Waals surface area contributed by atoms with Crippen LogP contribution in [0, 0.1) is 12.8 Å². The number of aryl methyl sites for hydroxylation is 1. The molecule has 0 aliphatic heterocycles. The Morgan fingerprint density at radius 3 is 2.42 bits per heavy atom. The molecule has 0 bridgehead atoms. The maximum atomic E-state index is 13.1. The number of nitrogens with one attached hydrogen (secondary N) is 1. The van der Waals surface area contributed by atoms with E-state index in [9.17, 15) is 4.79 Å². The highest BCUT2D eigenvalue weighted by atomic mass is 16.2. The molecule has 0 radical (unpaired) electrons. The topological polar surface area (TPSA) is 58.1 Å². The van der Waals surface area contributed by atoms with Gasteiger partial charge in [-0.2, -0.15) is 0 Å². The Morgan fingerprint density at radius 2 is 1.81 bits per heavy atom. The fraction of sp³-hybridized carbons (Fsp3) is 0.476. The van der Waals surface area contributed by atoms with Crippen LogP contribution in [0.15, 0.2) is 36.4 Å². The first kappa shape index (κ1) is 19.9. The molecular formula is C21H30N4O. The van der Waals surface area contributed by atoms with Crippen molar-refractivity contribution in [3.63, 3.8) is 0 Å². The molecule has 26 heavy (non-hydrogen) atoms. The second kappa shape index (κ2) is 9.32. The van der Waals surface area contributed by atoms with Crippen molar-refractivity contribution in [1.29, 1.82) is 0 Å². The van der Waals surface area contributed by atoms with Gasteiger partial charge in [0.05, 0.1) is 0 Å². The van der Waals surface area contributed by atoms with E-state index in [4.69, 9.17) is 0 Å². The van der Waals surface area contributed by atoms with Crippen LogP contribution in [0.25, 0.3) is 0 Å². The predicted octanol–water partition coefficient (Wildman–Crippen LogP) is 4.29. The van der Waals surface area contributed by atoms with Crippen molar-refractivity contribution in [1.82, 2.24) is 14.9 Å². The zero-order chi connectivity index (χ0) is 19.1. The van der Waals surface area contributed by atoms with Crippen LogP contribution in [0.4, 0.5) is 5.95 Å². The molecule has 2 aromatic rings. The van der Waals surface area contributed by atoms with Gasteiger partial charge in [-0.05, 0) is 44.7 Å². The summed E-state index contributed by atoms with van der Waals surface area (Å²) in [5.74, 6) is 1.06. The number of nitrogens with zero attached hydrogens (tertiary/aromatic N) is 3. The Labute approximate surface area is 156 Å². The summed E-state index contributed by atoms with van der Waals surface area (Å²) in [5, 5.41) is 3.24. The van der Waals surface area contributed by atoms with Gasteiger partial charge in [0.25, 0.3) is 5.91 Å². The number of aromatic nitrogens is 2. The molecule has 1 aromatic heterocycles. The van der Waals surface area contributed by atoms with Crippen LogP contribution >= 0.6 is 0 Å². The molecule has 1 N–H and O–H groups in total. The Balaban J connectivity index is 2.18. The molecule has 0 spiro atoms. The molecule has 5 nitrogen and oxygen atoms in total. The third-order valence-corrected chi connectivity index (χ3v) is 4.16. The molecule has 2 rings (SSSR count). The lowest BCUT2D eigenvalue weighted by molar-refractivity contribution is 0.0684. The number of benzene rings is 1. The van der Waals surface area contributed by atoms with Crippen molar-refractivity contribution < 1.29 is 4.79 Å². The monoisotopic (exact) mass is 354 g/mol. The largest absolute Gasteiger partial charge is 0.354 e. The van der Waals surface area contributed by atoms with Crippen LogP contribution in [-0.2, 0) is 6.54 Å². The predicted molar refractivity (Wildman–Crippen MR) is 106 cm³/mol. The third-order valence-electron chi connectivity index (χ3n) is 4.16. The molecule has 1 heterocycles. The molecule has 0 aliphatic carbocycles. The van der Waals surface area contributed by atoms with E-state index < -0.39 is 0 Å². The highest BCUT2D eigenvalue weighted by Gasteiger charge is 2.21. The zero-order valence-electron chi connectivity index (χ0n) is 16.5. The molecule has 0 saturated heterocycles. The van der Waals surface area contributed by atoms with Gasteiger partial charge in [0.15, 0.2) is 0 Å². The van der Waals surface area contributed by atoms with Crippen molar-refractivity contribution in [3.05, 3.63) is 53.3 Å². The van der Waals surface area contributed by atoms with Crippen LogP contribution in [0.1, 0.15) is 55.9 Å². The molecule has 140 valence electrons. The Kier molecular flexibility index (Phi) is 7.13. The first-order chi connectivity index (χ1) is 12.4.